The molecule has 0 saturated heterocycles. The van der Waals surface area contributed by atoms with Gasteiger partial charge < -0.3 is 14.6 Å². The summed E-state index contributed by atoms with van der Waals surface area (Å²) in [6, 6.07) is 7.53. The van der Waals surface area contributed by atoms with Crippen molar-refractivity contribution in [2.24, 2.45) is 0 Å². The average Bonchev–Trinajstić information content (AvgIpc) is 2.58. The molecule has 3 rings (SSSR count). The number of ether oxygens (including phenoxy) is 1. The van der Waals surface area contributed by atoms with Crippen molar-refractivity contribution in [3.05, 3.63) is 52.3 Å². The molecule has 28 heavy (non-hydrogen) atoms. The number of carbonyl (C=O) groups excluding carboxylic acids is 1. The Labute approximate surface area is 166 Å². The molecule has 0 N–H and O–H groups in total. The lowest BCUT2D eigenvalue weighted by atomic mass is 9.73. The van der Waals surface area contributed by atoms with Gasteiger partial charge in [-0.15, -0.1) is 5.10 Å². The van der Waals surface area contributed by atoms with E-state index in [1.165, 1.54) is 5.56 Å². The lowest BCUT2D eigenvalue weighted by Crippen LogP contribution is -2.41. The Bertz CT molecular complexity index is 964. The third-order valence-corrected chi connectivity index (χ3v) is 4.94. The van der Waals surface area contributed by atoms with Crippen LogP contribution < -0.4 is 9.84 Å². The Morgan fingerprint density at radius 2 is 1.93 bits per heavy atom. The van der Waals surface area contributed by atoms with Crippen LogP contribution in [0, 0.1) is 11.8 Å². The van der Waals surface area contributed by atoms with E-state index in [1.807, 2.05) is 0 Å². The molecule has 1 aliphatic rings. The normalized spacial score (nSPS) is 16.3. The zero-order valence-corrected chi connectivity index (χ0v) is 17.0. The van der Waals surface area contributed by atoms with Crippen LogP contribution in [0.15, 0.2) is 24.3 Å². The number of fused-ring (bicyclic) bond motifs is 1. The summed E-state index contributed by atoms with van der Waals surface area (Å²) in [4.78, 5) is 10.6. The van der Waals surface area contributed by atoms with E-state index in [0.29, 0.717) is 11.4 Å². The van der Waals surface area contributed by atoms with Crippen LogP contribution in [0.3, 0.4) is 0 Å². The summed E-state index contributed by atoms with van der Waals surface area (Å²) in [6.07, 6.45) is 1.52. The van der Waals surface area contributed by atoms with Crippen molar-refractivity contribution in [3.63, 3.8) is 0 Å². The van der Waals surface area contributed by atoms with E-state index in [9.17, 15) is 9.90 Å². The molecule has 5 heteroatoms. The zero-order chi connectivity index (χ0) is 20.5. The molecule has 146 valence electrons. The maximum absolute atomic E-state index is 10.6. The summed E-state index contributed by atoms with van der Waals surface area (Å²) >= 11 is 0. The number of carboxylic acid groups (broad SMARTS) is 1. The third-order valence-electron chi connectivity index (χ3n) is 4.94. The van der Waals surface area contributed by atoms with E-state index in [2.05, 4.69) is 68.8 Å². The van der Waals surface area contributed by atoms with Crippen LogP contribution in [0.2, 0.25) is 0 Å². The Hall–Kier alpha value is -2.87. The van der Waals surface area contributed by atoms with Gasteiger partial charge in [0.25, 0.3) is 0 Å². The van der Waals surface area contributed by atoms with Crippen LogP contribution in [0.4, 0.5) is 0 Å². The number of hydrogen-bond acceptors (Lipinski definition) is 5. The van der Waals surface area contributed by atoms with Crippen molar-refractivity contribution < 1.29 is 14.6 Å². The number of hydrogen-bond donors (Lipinski definition) is 0. The summed E-state index contributed by atoms with van der Waals surface area (Å²) in [5.41, 5.74) is 3.90. The molecule has 0 bridgehead atoms. The van der Waals surface area contributed by atoms with Crippen LogP contribution in [0.1, 0.15) is 69.1 Å². The fourth-order valence-corrected chi connectivity index (χ4v) is 3.94. The fourth-order valence-electron chi connectivity index (χ4n) is 3.94. The van der Waals surface area contributed by atoms with Gasteiger partial charge in [-0.2, -0.15) is 5.10 Å². The number of rotatable bonds is 3. The van der Waals surface area contributed by atoms with E-state index < -0.39 is 5.97 Å². The Balaban J connectivity index is 1.96. The van der Waals surface area contributed by atoms with Crippen molar-refractivity contribution in [1.29, 1.82) is 0 Å². The molecule has 0 saturated carbocycles. The molecular weight excluding hydrogens is 352 g/mol. The molecule has 0 amide bonds. The van der Waals surface area contributed by atoms with Crippen LogP contribution in [-0.4, -0.2) is 21.8 Å². The zero-order valence-electron chi connectivity index (χ0n) is 17.0. The second-order valence-electron chi connectivity index (χ2n) is 8.49. The van der Waals surface area contributed by atoms with Crippen molar-refractivity contribution in [2.75, 3.05) is 0 Å². The Morgan fingerprint density at radius 3 is 2.54 bits per heavy atom. The fraction of sp³-hybridized carbons (Fsp3) is 0.435. The van der Waals surface area contributed by atoms with Gasteiger partial charge >= 0.3 is 0 Å². The van der Waals surface area contributed by atoms with Crippen molar-refractivity contribution in [1.82, 2.24) is 10.2 Å². The predicted octanol–water partition coefficient (Wildman–Crippen LogP) is 2.57. The summed E-state index contributed by atoms with van der Waals surface area (Å²) in [5.74, 6) is 6.01. The smallest absolute Gasteiger partial charge is 0.136 e. The highest BCUT2D eigenvalue weighted by atomic mass is 16.5. The van der Waals surface area contributed by atoms with E-state index in [4.69, 9.17) is 4.74 Å². The first-order valence-electron chi connectivity index (χ1n) is 9.50. The molecule has 2 aromatic rings. The largest absolute Gasteiger partial charge is 0.550 e. The molecule has 0 unspecified atom stereocenters. The maximum Gasteiger partial charge on any atom is 0.136 e. The van der Waals surface area contributed by atoms with E-state index >= 15 is 0 Å². The lowest BCUT2D eigenvalue weighted by Gasteiger charge is -2.42. The molecule has 0 radical (unpaired) electrons. The van der Waals surface area contributed by atoms with Gasteiger partial charge in [-0.05, 0) is 67.9 Å². The number of aryl methyl sites for hydroxylation is 1. The molecule has 5 nitrogen and oxygen atoms in total. The molecule has 1 aromatic carbocycles. The standard InChI is InChI=1S/C23H26N2O3/c1-6-15-12-20-19(22(2,3)14-23(4,5)28-20)11-16(15)7-8-17-9-10-18(25-24-17)13-21(26)27/h9-12H,6,13-14H2,1-5H3,(H,26,27)/p-1. The summed E-state index contributed by atoms with van der Waals surface area (Å²) in [5, 5.41) is 18.5. The van der Waals surface area contributed by atoms with Crippen molar-refractivity contribution in [2.45, 2.75) is 64.9 Å². The first kappa shape index (κ1) is 19.9. The van der Waals surface area contributed by atoms with Gasteiger partial charge in [0.1, 0.15) is 17.0 Å². The first-order valence-corrected chi connectivity index (χ1v) is 9.50. The summed E-state index contributed by atoms with van der Waals surface area (Å²) < 4.78 is 6.24. The Morgan fingerprint density at radius 1 is 1.18 bits per heavy atom. The molecule has 1 aromatic heterocycles. The molecule has 2 heterocycles. The predicted molar refractivity (Wildman–Crippen MR) is 105 cm³/mol. The number of carbonyl (C=O) groups is 1. The average molecular weight is 377 g/mol. The number of aliphatic carboxylic acids is 1. The van der Waals surface area contributed by atoms with Gasteiger partial charge in [-0.3, -0.25) is 0 Å². The van der Waals surface area contributed by atoms with Gasteiger partial charge in [0, 0.05) is 23.5 Å². The van der Waals surface area contributed by atoms with Crippen LogP contribution in [0.25, 0.3) is 0 Å². The van der Waals surface area contributed by atoms with Gasteiger partial charge in [0.15, 0.2) is 0 Å². The number of carboxylic acids is 1. The van der Waals surface area contributed by atoms with Crippen molar-refractivity contribution in [3.8, 4) is 17.6 Å². The third kappa shape index (κ3) is 4.33. The SMILES string of the molecule is CCc1cc2c(cc1C#Cc1ccc(CC(=O)[O-])nn1)C(C)(C)CC(C)(C)O2. The van der Waals surface area contributed by atoms with Crippen LogP contribution >= 0.6 is 0 Å². The Kier molecular flexibility index (Phi) is 5.16. The van der Waals surface area contributed by atoms with Gasteiger partial charge in [0.2, 0.25) is 0 Å². The van der Waals surface area contributed by atoms with E-state index in [-0.39, 0.29) is 17.4 Å². The lowest BCUT2D eigenvalue weighted by molar-refractivity contribution is -0.304. The maximum atomic E-state index is 10.6. The highest BCUT2D eigenvalue weighted by Gasteiger charge is 2.39. The van der Waals surface area contributed by atoms with Gasteiger partial charge in [-0.1, -0.05) is 26.7 Å². The summed E-state index contributed by atoms with van der Waals surface area (Å²) in [7, 11) is 0. The van der Waals surface area contributed by atoms with E-state index in [1.54, 1.807) is 12.1 Å². The molecule has 0 spiro atoms. The number of benzene rings is 1. The molecule has 0 fully saturated rings. The van der Waals surface area contributed by atoms with Crippen LogP contribution in [0.5, 0.6) is 5.75 Å². The van der Waals surface area contributed by atoms with Crippen LogP contribution in [-0.2, 0) is 23.1 Å². The van der Waals surface area contributed by atoms with Gasteiger partial charge in [0.05, 0.1) is 5.69 Å². The topological polar surface area (TPSA) is 75.1 Å². The minimum atomic E-state index is -1.18. The van der Waals surface area contributed by atoms with E-state index in [0.717, 1.165) is 29.7 Å². The number of aromatic nitrogens is 2. The monoisotopic (exact) mass is 377 g/mol. The minimum absolute atomic E-state index is 0.00783. The molecular formula is C23H25N2O3-. The molecule has 0 atom stereocenters. The van der Waals surface area contributed by atoms with Gasteiger partial charge in [-0.25, -0.2) is 0 Å². The number of nitrogens with zero attached hydrogens (tertiary/aromatic N) is 2. The second-order valence-corrected chi connectivity index (χ2v) is 8.49. The first-order chi connectivity index (χ1) is 13.1. The highest BCUT2D eigenvalue weighted by Crippen LogP contribution is 2.45. The highest BCUT2D eigenvalue weighted by molar-refractivity contribution is 5.67. The molecule has 1 aliphatic heterocycles. The van der Waals surface area contributed by atoms with Crippen molar-refractivity contribution >= 4 is 5.97 Å². The summed E-state index contributed by atoms with van der Waals surface area (Å²) in [6.45, 7) is 10.8. The second kappa shape index (κ2) is 7.27. The molecule has 0 aliphatic carbocycles. The quantitative estimate of drug-likeness (QED) is 0.769. The minimum Gasteiger partial charge on any atom is -0.550 e.